The van der Waals surface area contributed by atoms with Crippen molar-refractivity contribution in [2.24, 2.45) is 4.99 Å². The molecular weight excluding hydrogens is 507 g/mol. The molecule has 0 aliphatic carbocycles. The molecule has 9 heteroatoms. The molecule has 0 amide bonds. The summed E-state index contributed by atoms with van der Waals surface area (Å²) in [6.07, 6.45) is 1.88. The molecule has 0 atom stereocenters. The lowest BCUT2D eigenvalue weighted by Crippen LogP contribution is -2.44. The molecular formula is C22H33IN6O2. The van der Waals surface area contributed by atoms with Gasteiger partial charge < -0.3 is 29.9 Å². The first kappa shape index (κ1) is 25.0. The molecule has 0 spiro atoms. The number of benzene rings is 1. The molecule has 2 heterocycles. The first-order valence-electron chi connectivity index (χ1n) is 10.3. The van der Waals surface area contributed by atoms with Gasteiger partial charge in [0.15, 0.2) is 5.96 Å². The van der Waals surface area contributed by atoms with Crippen molar-refractivity contribution in [3.05, 3.63) is 48.2 Å². The van der Waals surface area contributed by atoms with E-state index in [-0.39, 0.29) is 24.0 Å². The smallest absolute Gasteiger partial charge is 0.191 e. The number of hydrogen-bond acceptors (Lipinski definition) is 6. The summed E-state index contributed by atoms with van der Waals surface area (Å²) in [6.45, 7) is 6.03. The molecule has 31 heavy (non-hydrogen) atoms. The van der Waals surface area contributed by atoms with E-state index in [0.29, 0.717) is 19.7 Å². The number of guanidine groups is 1. The summed E-state index contributed by atoms with van der Waals surface area (Å²) in [5, 5.41) is 6.62. The number of halogens is 1. The summed E-state index contributed by atoms with van der Waals surface area (Å²) in [5.74, 6) is 3.41. The van der Waals surface area contributed by atoms with Gasteiger partial charge in [-0.05, 0) is 49.0 Å². The molecule has 1 aliphatic heterocycles. The van der Waals surface area contributed by atoms with Crippen LogP contribution in [0.3, 0.4) is 0 Å². The Balaban J connectivity index is 0.00000341. The van der Waals surface area contributed by atoms with E-state index < -0.39 is 0 Å². The summed E-state index contributed by atoms with van der Waals surface area (Å²) < 4.78 is 10.9. The fraction of sp³-hybridized carbons (Fsp3) is 0.455. The lowest BCUT2D eigenvalue weighted by molar-refractivity contribution is 0.312. The Kier molecular flexibility index (Phi) is 10.6. The van der Waals surface area contributed by atoms with Crippen LogP contribution in [0.1, 0.15) is 5.56 Å². The predicted molar refractivity (Wildman–Crippen MR) is 136 cm³/mol. The topological polar surface area (TPSA) is 74.2 Å². The van der Waals surface area contributed by atoms with E-state index in [4.69, 9.17) is 9.47 Å². The number of nitrogens with one attached hydrogen (secondary N) is 2. The highest BCUT2D eigenvalue weighted by molar-refractivity contribution is 14.0. The van der Waals surface area contributed by atoms with Gasteiger partial charge >= 0.3 is 0 Å². The Hall–Kier alpha value is -2.27. The van der Waals surface area contributed by atoms with E-state index >= 15 is 0 Å². The van der Waals surface area contributed by atoms with Crippen LogP contribution in [0.2, 0.25) is 0 Å². The highest BCUT2D eigenvalue weighted by atomic mass is 127. The van der Waals surface area contributed by atoms with Gasteiger partial charge in [0.1, 0.15) is 23.9 Å². The molecule has 0 radical (unpaired) electrons. The van der Waals surface area contributed by atoms with Gasteiger partial charge in [0.2, 0.25) is 0 Å². The molecule has 2 N–H and O–H groups in total. The predicted octanol–water partition coefficient (Wildman–Crippen LogP) is 2.20. The summed E-state index contributed by atoms with van der Waals surface area (Å²) >= 11 is 0. The van der Waals surface area contributed by atoms with Crippen LogP contribution in [0.25, 0.3) is 0 Å². The highest BCUT2D eigenvalue weighted by Gasteiger charge is 2.15. The Morgan fingerprint density at radius 3 is 2.45 bits per heavy atom. The molecule has 8 nitrogen and oxygen atoms in total. The fourth-order valence-electron chi connectivity index (χ4n) is 3.20. The number of pyridine rings is 1. The van der Waals surface area contributed by atoms with Crippen LogP contribution in [-0.4, -0.2) is 76.4 Å². The Morgan fingerprint density at radius 1 is 1.06 bits per heavy atom. The van der Waals surface area contributed by atoms with Crippen LogP contribution in [0, 0.1) is 0 Å². The molecule has 170 valence electrons. The molecule has 0 bridgehead atoms. The minimum absolute atomic E-state index is 0. The van der Waals surface area contributed by atoms with Gasteiger partial charge in [-0.2, -0.15) is 0 Å². The molecule has 3 rings (SSSR count). The van der Waals surface area contributed by atoms with E-state index in [0.717, 1.165) is 49.5 Å². The van der Waals surface area contributed by atoms with Crippen LogP contribution in [-0.2, 0) is 6.54 Å². The van der Waals surface area contributed by atoms with E-state index in [9.17, 15) is 0 Å². The van der Waals surface area contributed by atoms with Crippen molar-refractivity contribution in [3.63, 3.8) is 0 Å². The summed E-state index contributed by atoms with van der Waals surface area (Å²) in [6, 6.07) is 11.7. The second kappa shape index (κ2) is 13.2. The number of ether oxygens (including phenoxy) is 2. The van der Waals surface area contributed by atoms with Crippen molar-refractivity contribution in [2.75, 3.05) is 65.4 Å². The highest BCUT2D eigenvalue weighted by Crippen LogP contribution is 2.17. The van der Waals surface area contributed by atoms with Crippen molar-refractivity contribution in [1.29, 1.82) is 0 Å². The monoisotopic (exact) mass is 540 g/mol. The number of anilines is 1. The molecule has 0 unspecified atom stereocenters. The van der Waals surface area contributed by atoms with Crippen LogP contribution >= 0.6 is 24.0 Å². The lowest BCUT2D eigenvalue weighted by Gasteiger charge is -2.33. The fourth-order valence-corrected chi connectivity index (χ4v) is 3.20. The molecule has 1 fully saturated rings. The van der Waals surface area contributed by atoms with Crippen molar-refractivity contribution < 1.29 is 9.47 Å². The van der Waals surface area contributed by atoms with Gasteiger partial charge in [-0.3, -0.25) is 4.99 Å². The first-order valence-corrected chi connectivity index (χ1v) is 10.3. The number of nitrogens with zero attached hydrogens (tertiary/aromatic N) is 4. The number of piperazine rings is 1. The van der Waals surface area contributed by atoms with Gasteiger partial charge in [-0.25, -0.2) is 4.98 Å². The summed E-state index contributed by atoms with van der Waals surface area (Å²) in [4.78, 5) is 13.5. The van der Waals surface area contributed by atoms with Crippen molar-refractivity contribution in [2.45, 2.75) is 6.54 Å². The number of methoxy groups -OCH3 is 1. The van der Waals surface area contributed by atoms with Gasteiger partial charge in [0.25, 0.3) is 0 Å². The van der Waals surface area contributed by atoms with Gasteiger partial charge in [0.05, 0.1) is 13.7 Å². The lowest BCUT2D eigenvalue weighted by atomic mass is 10.2. The second-order valence-corrected chi connectivity index (χ2v) is 7.19. The SMILES string of the molecule is CN=C(NCCOc1ccc(OC)cc1)NCc1ccnc(N2CCN(C)CC2)c1.I. The Morgan fingerprint density at radius 2 is 1.77 bits per heavy atom. The van der Waals surface area contributed by atoms with Crippen LogP contribution < -0.4 is 25.0 Å². The van der Waals surface area contributed by atoms with Gasteiger partial charge in [0, 0.05) is 46.0 Å². The number of aliphatic imine (C=N–C) groups is 1. The molecule has 2 aromatic rings. The van der Waals surface area contributed by atoms with Crippen LogP contribution in [0.4, 0.5) is 5.82 Å². The van der Waals surface area contributed by atoms with Gasteiger partial charge in [-0.1, -0.05) is 0 Å². The minimum atomic E-state index is 0. The molecule has 1 saturated heterocycles. The standard InChI is InChI=1S/C22H32N6O2.HI/c1-23-22(25-10-15-30-20-6-4-19(29-3)5-7-20)26-17-18-8-9-24-21(16-18)28-13-11-27(2)12-14-28;/h4-9,16H,10-15,17H2,1-3H3,(H2,23,25,26);1H. The zero-order valence-electron chi connectivity index (χ0n) is 18.5. The number of likely N-dealkylation sites (N-methyl/N-ethyl adjacent to an activating group) is 1. The molecule has 1 aromatic heterocycles. The van der Waals surface area contributed by atoms with Crippen LogP contribution in [0.15, 0.2) is 47.6 Å². The van der Waals surface area contributed by atoms with E-state index in [2.05, 4.69) is 43.5 Å². The average Bonchev–Trinajstić information content (AvgIpc) is 2.79. The zero-order valence-corrected chi connectivity index (χ0v) is 20.8. The van der Waals surface area contributed by atoms with Crippen LogP contribution in [0.5, 0.6) is 11.5 Å². The largest absolute Gasteiger partial charge is 0.497 e. The van der Waals surface area contributed by atoms with E-state index in [1.807, 2.05) is 36.5 Å². The number of hydrogen-bond donors (Lipinski definition) is 2. The third-order valence-electron chi connectivity index (χ3n) is 5.04. The maximum atomic E-state index is 5.74. The maximum Gasteiger partial charge on any atom is 0.191 e. The molecule has 0 saturated carbocycles. The van der Waals surface area contributed by atoms with E-state index in [1.165, 1.54) is 5.56 Å². The third-order valence-corrected chi connectivity index (χ3v) is 5.04. The first-order chi connectivity index (χ1) is 14.7. The summed E-state index contributed by atoms with van der Waals surface area (Å²) in [5.41, 5.74) is 1.18. The second-order valence-electron chi connectivity index (χ2n) is 7.19. The molecule has 1 aromatic carbocycles. The zero-order chi connectivity index (χ0) is 21.2. The summed E-state index contributed by atoms with van der Waals surface area (Å²) in [7, 11) is 5.57. The number of aromatic nitrogens is 1. The minimum Gasteiger partial charge on any atom is -0.497 e. The average molecular weight is 540 g/mol. The molecule has 1 aliphatic rings. The Labute approximate surface area is 202 Å². The quantitative estimate of drug-likeness (QED) is 0.230. The number of rotatable bonds is 8. The van der Waals surface area contributed by atoms with Gasteiger partial charge in [-0.15, -0.1) is 24.0 Å². The third kappa shape index (κ3) is 8.06. The van der Waals surface area contributed by atoms with E-state index in [1.54, 1.807) is 14.2 Å². The maximum absolute atomic E-state index is 5.74. The van der Waals surface area contributed by atoms with Crippen molar-refractivity contribution >= 4 is 35.8 Å². The Bertz CT molecular complexity index is 810. The van der Waals surface area contributed by atoms with Crippen molar-refractivity contribution in [1.82, 2.24) is 20.5 Å². The normalized spacial score (nSPS) is 14.5. The van der Waals surface area contributed by atoms with Crippen molar-refractivity contribution in [3.8, 4) is 11.5 Å².